The lowest BCUT2D eigenvalue weighted by atomic mass is 10.1. The van der Waals surface area contributed by atoms with E-state index in [-0.39, 0.29) is 5.91 Å². The first-order valence-corrected chi connectivity index (χ1v) is 7.33. The van der Waals surface area contributed by atoms with E-state index in [1.54, 1.807) is 4.90 Å². The van der Waals surface area contributed by atoms with E-state index in [4.69, 9.17) is 9.47 Å². The van der Waals surface area contributed by atoms with Crippen molar-refractivity contribution in [1.29, 1.82) is 0 Å². The van der Waals surface area contributed by atoms with E-state index in [9.17, 15) is 4.79 Å². The normalized spacial score (nSPS) is 13.7. The highest BCUT2D eigenvalue weighted by Gasteiger charge is 2.31. The smallest absolute Gasteiger partial charge is 0.259 e. The lowest BCUT2D eigenvalue weighted by Gasteiger charge is -2.24. The van der Waals surface area contributed by atoms with Gasteiger partial charge in [0.25, 0.3) is 5.91 Å². The number of amides is 1. The van der Waals surface area contributed by atoms with Crippen LogP contribution in [0, 0.1) is 0 Å². The summed E-state index contributed by atoms with van der Waals surface area (Å²) in [7, 11) is 0. The van der Waals surface area contributed by atoms with Gasteiger partial charge in [-0.1, -0.05) is 24.3 Å². The quantitative estimate of drug-likeness (QED) is 0.765. The largest absolute Gasteiger partial charge is 0.351 e. The Morgan fingerprint density at radius 1 is 1.05 bits per heavy atom. The van der Waals surface area contributed by atoms with Crippen LogP contribution in [0.15, 0.2) is 36.4 Å². The van der Waals surface area contributed by atoms with Gasteiger partial charge in [-0.15, -0.1) is 0 Å². The topological polar surface area (TPSA) is 38.8 Å². The summed E-state index contributed by atoms with van der Waals surface area (Å²) < 4.78 is 11.1. The molecule has 2 aromatic carbocycles. The molecule has 0 atom stereocenters. The summed E-state index contributed by atoms with van der Waals surface area (Å²) in [5.41, 5.74) is 1.70. The molecule has 1 amide bonds. The second kappa shape index (κ2) is 5.84. The van der Waals surface area contributed by atoms with Crippen LogP contribution in [0.4, 0.5) is 5.69 Å². The lowest BCUT2D eigenvalue weighted by molar-refractivity contribution is -0.128. The molecule has 4 heteroatoms. The number of hydrogen-bond acceptors (Lipinski definition) is 3. The number of ether oxygens (including phenoxy) is 2. The van der Waals surface area contributed by atoms with Crippen molar-refractivity contribution in [3.05, 3.63) is 42.0 Å². The Balaban J connectivity index is 1.95. The molecular formula is C17H19NO3. The maximum atomic E-state index is 12.6. The standard InChI is InChI=1S/C17H19NO3/c1-3-20-15(21-4-2)11-18-14-10-6-8-12-7-5-9-13(16(12)14)17(18)19/h5-10,15H,3-4,11H2,1-2H3. The van der Waals surface area contributed by atoms with Crippen LogP contribution in [0.5, 0.6) is 0 Å². The molecule has 1 aliphatic rings. The summed E-state index contributed by atoms with van der Waals surface area (Å²) in [4.78, 5) is 14.4. The van der Waals surface area contributed by atoms with Crippen molar-refractivity contribution in [2.24, 2.45) is 0 Å². The summed E-state index contributed by atoms with van der Waals surface area (Å²) >= 11 is 0. The van der Waals surface area contributed by atoms with Crippen LogP contribution in [0.1, 0.15) is 24.2 Å². The van der Waals surface area contributed by atoms with Gasteiger partial charge in [-0.05, 0) is 31.4 Å². The minimum absolute atomic E-state index is 0.0196. The van der Waals surface area contributed by atoms with E-state index in [0.29, 0.717) is 19.8 Å². The number of benzene rings is 2. The molecule has 4 nitrogen and oxygen atoms in total. The van der Waals surface area contributed by atoms with Crippen molar-refractivity contribution < 1.29 is 14.3 Å². The summed E-state index contributed by atoms with van der Waals surface area (Å²) in [6.07, 6.45) is -0.395. The molecule has 0 saturated carbocycles. The zero-order valence-electron chi connectivity index (χ0n) is 12.3. The number of anilines is 1. The average Bonchev–Trinajstić information content (AvgIpc) is 2.76. The van der Waals surface area contributed by atoms with E-state index < -0.39 is 6.29 Å². The zero-order valence-corrected chi connectivity index (χ0v) is 12.3. The number of nitrogens with zero attached hydrogens (tertiary/aromatic N) is 1. The maximum Gasteiger partial charge on any atom is 0.259 e. The Hall–Kier alpha value is -1.91. The third-order valence-electron chi connectivity index (χ3n) is 3.69. The molecule has 1 heterocycles. The van der Waals surface area contributed by atoms with E-state index in [1.807, 2.05) is 50.2 Å². The Morgan fingerprint density at radius 2 is 1.71 bits per heavy atom. The molecule has 21 heavy (non-hydrogen) atoms. The minimum atomic E-state index is -0.395. The molecule has 0 N–H and O–H groups in total. The van der Waals surface area contributed by atoms with Gasteiger partial charge in [0.05, 0.1) is 12.2 Å². The van der Waals surface area contributed by atoms with Gasteiger partial charge in [-0.25, -0.2) is 0 Å². The van der Waals surface area contributed by atoms with Gasteiger partial charge < -0.3 is 14.4 Å². The molecule has 0 aliphatic carbocycles. The van der Waals surface area contributed by atoms with Crippen LogP contribution in [0.3, 0.4) is 0 Å². The van der Waals surface area contributed by atoms with Crippen molar-refractivity contribution in [3.63, 3.8) is 0 Å². The summed E-state index contributed by atoms with van der Waals surface area (Å²) in [6, 6.07) is 11.8. The molecule has 0 unspecified atom stereocenters. The first kappa shape index (κ1) is 14.0. The second-order valence-corrected chi connectivity index (χ2v) is 4.94. The highest BCUT2D eigenvalue weighted by molar-refractivity contribution is 6.25. The number of rotatable bonds is 6. The molecule has 0 aromatic heterocycles. The minimum Gasteiger partial charge on any atom is -0.351 e. The molecule has 0 fully saturated rings. The fraction of sp³-hybridized carbons (Fsp3) is 0.353. The lowest BCUT2D eigenvalue weighted by Crippen LogP contribution is -2.37. The Kier molecular flexibility index (Phi) is 3.90. The maximum absolute atomic E-state index is 12.6. The molecular weight excluding hydrogens is 266 g/mol. The summed E-state index contributed by atoms with van der Waals surface area (Å²) in [6.45, 7) is 5.38. The molecule has 0 spiro atoms. The van der Waals surface area contributed by atoms with Crippen LogP contribution >= 0.6 is 0 Å². The number of carbonyl (C=O) groups excluding carboxylic acids is 1. The summed E-state index contributed by atoms with van der Waals surface area (Å²) in [5.74, 6) is 0.0196. The van der Waals surface area contributed by atoms with E-state index in [0.717, 1.165) is 22.0 Å². The van der Waals surface area contributed by atoms with Gasteiger partial charge in [-0.2, -0.15) is 0 Å². The van der Waals surface area contributed by atoms with Crippen LogP contribution in [-0.4, -0.2) is 32.0 Å². The predicted molar refractivity (Wildman–Crippen MR) is 82.7 cm³/mol. The molecule has 0 saturated heterocycles. The van der Waals surface area contributed by atoms with Gasteiger partial charge in [0.1, 0.15) is 0 Å². The fourth-order valence-corrected chi connectivity index (χ4v) is 2.83. The average molecular weight is 285 g/mol. The van der Waals surface area contributed by atoms with Gasteiger partial charge in [0.2, 0.25) is 0 Å². The third-order valence-corrected chi connectivity index (χ3v) is 3.69. The Bertz CT molecular complexity index is 657. The van der Waals surface area contributed by atoms with Crippen LogP contribution in [-0.2, 0) is 9.47 Å². The van der Waals surface area contributed by atoms with Gasteiger partial charge in [0.15, 0.2) is 6.29 Å². The van der Waals surface area contributed by atoms with Crippen molar-refractivity contribution in [2.75, 3.05) is 24.7 Å². The van der Waals surface area contributed by atoms with Gasteiger partial charge in [0, 0.05) is 24.2 Å². The Labute approximate surface area is 124 Å². The van der Waals surface area contributed by atoms with E-state index in [1.165, 1.54) is 0 Å². The van der Waals surface area contributed by atoms with Gasteiger partial charge in [-0.3, -0.25) is 4.79 Å². The molecule has 110 valence electrons. The second-order valence-electron chi connectivity index (χ2n) is 4.94. The Morgan fingerprint density at radius 3 is 2.38 bits per heavy atom. The highest BCUT2D eigenvalue weighted by atomic mass is 16.7. The zero-order chi connectivity index (χ0) is 14.8. The van der Waals surface area contributed by atoms with Crippen LogP contribution in [0.25, 0.3) is 10.8 Å². The fourth-order valence-electron chi connectivity index (χ4n) is 2.83. The van der Waals surface area contributed by atoms with Crippen molar-refractivity contribution in [1.82, 2.24) is 0 Å². The third kappa shape index (κ3) is 2.41. The predicted octanol–water partition coefficient (Wildman–Crippen LogP) is 3.20. The molecule has 1 aliphatic heterocycles. The van der Waals surface area contributed by atoms with E-state index in [2.05, 4.69) is 0 Å². The number of carbonyl (C=O) groups is 1. The first-order chi connectivity index (χ1) is 10.3. The summed E-state index contributed by atoms with van der Waals surface area (Å²) in [5, 5.41) is 2.11. The van der Waals surface area contributed by atoms with Crippen LogP contribution in [0.2, 0.25) is 0 Å². The number of hydrogen-bond donors (Lipinski definition) is 0. The molecule has 0 bridgehead atoms. The first-order valence-electron chi connectivity index (χ1n) is 7.33. The van der Waals surface area contributed by atoms with Crippen molar-refractivity contribution in [3.8, 4) is 0 Å². The highest BCUT2D eigenvalue weighted by Crippen LogP contribution is 2.37. The SMILES string of the molecule is CCOC(CN1C(=O)c2cccc3cccc1c23)OCC. The van der Waals surface area contributed by atoms with Crippen molar-refractivity contribution in [2.45, 2.75) is 20.1 Å². The van der Waals surface area contributed by atoms with Crippen molar-refractivity contribution >= 4 is 22.4 Å². The van der Waals surface area contributed by atoms with E-state index >= 15 is 0 Å². The molecule has 2 aromatic rings. The molecule has 0 radical (unpaired) electrons. The van der Waals surface area contributed by atoms with Crippen LogP contribution < -0.4 is 4.90 Å². The molecule has 3 rings (SSSR count). The van der Waals surface area contributed by atoms with Gasteiger partial charge >= 0.3 is 0 Å². The monoisotopic (exact) mass is 285 g/mol.